The molecule has 2 aromatic rings. The highest BCUT2D eigenvalue weighted by molar-refractivity contribution is 6.01. The molecule has 1 saturated heterocycles. The Morgan fingerprint density at radius 3 is 2.67 bits per heavy atom. The third-order valence-electron chi connectivity index (χ3n) is 4.81. The molecular weight excluding hydrogens is 302 g/mol. The summed E-state index contributed by atoms with van der Waals surface area (Å²) in [5.41, 5.74) is 2.24. The summed E-state index contributed by atoms with van der Waals surface area (Å²) in [6.45, 7) is 6.63. The van der Waals surface area contributed by atoms with Crippen molar-refractivity contribution in [1.29, 1.82) is 0 Å². The van der Waals surface area contributed by atoms with Crippen molar-refractivity contribution in [2.45, 2.75) is 19.4 Å². The number of fused-ring (bicyclic) bond motifs is 1. The Morgan fingerprint density at radius 2 is 1.92 bits per heavy atom. The number of carbonyl (C=O) groups is 1. The predicted octanol–water partition coefficient (Wildman–Crippen LogP) is 1.85. The second-order valence-electron chi connectivity index (χ2n) is 6.43. The fraction of sp³-hybridized carbons (Fsp3) is 0.389. The molecular formula is C18H21N5O. The molecule has 3 heterocycles. The Bertz CT molecular complexity index is 740. The van der Waals surface area contributed by atoms with Gasteiger partial charge in [-0.05, 0) is 12.5 Å². The maximum atomic E-state index is 11.7. The van der Waals surface area contributed by atoms with Crippen molar-refractivity contribution >= 4 is 17.7 Å². The zero-order valence-electron chi connectivity index (χ0n) is 13.8. The molecule has 2 aliphatic rings. The number of benzene rings is 1. The Labute approximate surface area is 141 Å². The molecule has 1 unspecified atom stereocenters. The molecule has 1 aromatic heterocycles. The fourth-order valence-corrected chi connectivity index (χ4v) is 3.26. The topological polar surface area (TPSA) is 61.4 Å². The molecule has 1 N–H and O–H groups in total. The van der Waals surface area contributed by atoms with E-state index < -0.39 is 0 Å². The van der Waals surface area contributed by atoms with Crippen molar-refractivity contribution in [1.82, 2.24) is 14.9 Å². The third kappa shape index (κ3) is 2.85. The van der Waals surface area contributed by atoms with E-state index in [0.717, 1.165) is 38.3 Å². The SMILES string of the molecule is CC1C(=O)Nc2nc(N3CCN(Cc4ccccc4)CC3)ncc21. The molecule has 124 valence electrons. The van der Waals surface area contributed by atoms with E-state index in [-0.39, 0.29) is 11.8 Å². The second-order valence-corrected chi connectivity index (χ2v) is 6.43. The first-order valence-corrected chi connectivity index (χ1v) is 8.40. The lowest BCUT2D eigenvalue weighted by atomic mass is 10.1. The van der Waals surface area contributed by atoms with Gasteiger partial charge in [0.2, 0.25) is 11.9 Å². The van der Waals surface area contributed by atoms with Crippen molar-refractivity contribution in [3.05, 3.63) is 47.7 Å². The highest BCUT2D eigenvalue weighted by Crippen LogP contribution is 2.31. The maximum Gasteiger partial charge on any atom is 0.232 e. The number of nitrogens with zero attached hydrogens (tertiary/aromatic N) is 4. The minimum absolute atomic E-state index is 0.00382. The Balaban J connectivity index is 1.40. The van der Waals surface area contributed by atoms with Crippen LogP contribution in [0.5, 0.6) is 0 Å². The van der Waals surface area contributed by atoms with E-state index in [1.165, 1.54) is 5.56 Å². The van der Waals surface area contributed by atoms with E-state index in [1.54, 1.807) is 6.20 Å². The maximum absolute atomic E-state index is 11.7. The fourth-order valence-electron chi connectivity index (χ4n) is 3.26. The van der Waals surface area contributed by atoms with Crippen molar-refractivity contribution in [3.63, 3.8) is 0 Å². The van der Waals surface area contributed by atoms with Gasteiger partial charge in [-0.25, -0.2) is 4.98 Å². The highest BCUT2D eigenvalue weighted by Gasteiger charge is 2.29. The van der Waals surface area contributed by atoms with E-state index in [0.29, 0.717) is 11.8 Å². The largest absolute Gasteiger partial charge is 0.338 e. The number of piperazine rings is 1. The molecule has 2 aliphatic heterocycles. The minimum atomic E-state index is -0.156. The summed E-state index contributed by atoms with van der Waals surface area (Å²) in [7, 11) is 0. The molecule has 0 spiro atoms. The lowest BCUT2D eigenvalue weighted by Gasteiger charge is -2.34. The van der Waals surface area contributed by atoms with Gasteiger partial charge in [0.1, 0.15) is 5.82 Å². The summed E-state index contributed by atoms with van der Waals surface area (Å²) in [5.74, 6) is 1.23. The highest BCUT2D eigenvalue weighted by atomic mass is 16.2. The van der Waals surface area contributed by atoms with Gasteiger partial charge in [-0.1, -0.05) is 30.3 Å². The van der Waals surface area contributed by atoms with Gasteiger partial charge in [0.05, 0.1) is 5.92 Å². The van der Waals surface area contributed by atoms with Gasteiger partial charge in [-0.15, -0.1) is 0 Å². The number of anilines is 2. The van der Waals surface area contributed by atoms with E-state index in [2.05, 4.69) is 49.4 Å². The Kier molecular flexibility index (Phi) is 3.90. The summed E-state index contributed by atoms with van der Waals surface area (Å²) in [6.07, 6.45) is 1.79. The number of nitrogens with one attached hydrogen (secondary N) is 1. The molecule has 0 radical (unpaired) electrons. The van der Waals surface area contributed by atoms with Gasteiger partial charge in [-0.2, -0.15) is 4.98 Å². The standard InChI is InChI=1S/C18H21N5O/c1-13-15-11-19-18(21-16(15)20-17(13)24)23-9-7-22(8-10-23)12-14-5-3-2-4-6-14/h2-6,11,13H,7-10,12H2,1H3,(H,19,20,21,24). The van der Waals surface area contributed by atoms with Crippen LogP contribution >= 0.6 is 0 Å². The molecule has 1 atom stereocenters. The van der Waals surface area contributed by atoms with Gasteiger partial charge in [0, 0.05) is 44.5 Å². The lowest BCUT2D eigenvalue weighted by Crippen LogP contribution is -2.46. The van der Waals surface area contributed by atoms with Crippen LogP contribution in [-0.2, 0) is 11.3 Å². The molecule has 24 heavy (non-hydrogen) atoms. The van der Waals surface area contributed by atoms with Crippen molar-refractivity contribution in [2.75, 3.05) is 36.4 Å². The summed E-state index contributed by atoms with van der Waals surface area (Å²) >= 11 is 0. The number of amides is 1. The minimum Gasteiger partial charge on any atom is -0.338 e. The molecule has 6 nitrogen and oxygen atoms in total. The van der Waals surface area contributed by atoms with Gasteiger partial charge < -0.3 is 10.2 Å². The molecule has 1 amide bonds. The molecule has 1 fully saturated rings. The van der Waals surface area contributed by atoms with Crippen LogP contribution in [0.25, 0.3) is 0 Å². The molecule has 6 heteroatoms. The molecule has 4 rings (SSSR count). The summed E-state index contributed by atoms with van der Waals surface area (Å²) in [5, 5.41) is 2.84. The quantitative estimate of drug-likeness (QED) is 0.934. The number of hydrogen-bond acceptors (Lipinski definition) is 5. The Hall–Kier alpha value is -2.47. The first-order chi connectivity index (χ1) is 11.7. The monoisotopic (exact) mass is 323 g/mol. The molecule has 0 aliphatic carbocycles. The van der Waals surface area contributed by atoms with Crippen molar-refractivity contribution in [3.8, 4) is 0 Å². The summed E-state index contributed by atoms with van der Waals surface area (Å²) < 4.78 is 0. The van der Waals surface area contributed by atoms with Gasteiger partial charge in [-0.3, -0.25) is 9.69 Å². The second kappa shape index (κ2) is 6.20. The van der Waals surface area contributed by atoms with Gasteiger partial charge in [0.25, 0.3) is 0 Å². The summed E-state index contributed by atoms with van der Waals surface area (Å²) in [6, 6.07) is 10.5. The van der Waals surface area contributed by atoms with E-state index >= 15 is 0 Å². The zero-order chi connectivity index (χ0) is 16.5. The molecule has 0 saturated carbocycles. The van der Waals surface area contributed by atoms with Gasteiger partial charge >= 0.3 is 0 Å². The first kappa shape index (κ1) is 15.1. The lowest BCUT2D eigenvalue weighted by molar-refractivity contribution is -0.116. The number of rotatable bonds is 3. The van der Waals surface area contributed by atoms with Crippen LogP contribution in [-0.4, -0.2) is 47.0 Å². The zero-order valence-corrected chi connectivity index (χ0v) is 13.8. The average Bonchev–Trinajstić information content (AvgIpc) is 2.90. The van der Waals surface area contributed by atoms with Crippen LogP contribution in [0.3, 0.4) is 0 Å². The first-order valence-electron chi connectivity index (χ1n) is 8.40. The smallest absolute Gasteiger partial charge is 0.232 e. The van der Waals surface area contributed by atoms with Crippen LogP contribution in [0.2, 0.25) is 0 Å². The van der Waals surface area contributed by atoms with E-state index in [1.807, 2.05) is 13.0 Å². The van der Waals surface area contributed by atoms with Crippen LogP contribution in [0.1, 0.15) is 24.0 Å². The average molecular weight is 323 g/mol. The van der Waals surface area contributed by atoms with Crippen molar-refractivity contribution in [2.24, 2.45) is 0 Å². The molecule has 1 aromatic carbocycles. The van der Waals surface area contributed by atoms with Crippen LogP contribution in [0, 0.1) is 0 Å². The Morgan fingerprint density at radius 1 is 1.17 bits per heavy atom. The van der Waals surface area contributed by atoms with Crippen molar-refractivity contribution < 1.29 is 4.79 Å². The molecule has 0 bridgehead atoms. The number of aromatic nitrogens is 2. The number of carbonyl (C=O) groups excluding carboxylic acids is 1. The van der Waals surface area contributed by atoms with Crippen LogP contribution in [0.15, 0.2) is 36.5 Å². The van der Waals surface area contributed by atoms with Crippen LogP contribution in [0.4, 0.5) is 11.8 Å². The van der Waals surface area contributed by atoms with E-state index in [4.69, 9.17) is 0 Å². The third-order valence-corrected chi connectivity index (χ3v) is 4.81. The normalized spacial score (nSPS) is 20.8. The summed E-state index contributed by atoms with van der Waals surface area (Å²) in [4.78, 5) is 25.4. The van der Waals surface area contributed by atoms with E-state index in [9.17, 15) is 4.79 Å². The number of hydrogen-bond donors (Lipinski definition) is 1. The van der Waals surface area contributed by atoms with Gasteiger partial charge in [0.15, 0.2) is 0 Å². The van der Waals surface area contributed by atoms with Crippen LogP contribution < -0.4 is 10.2 Å². The predicted molar refractivity (Wildman–Crippen MR) is 93.0 cm³/mol.